The third kappa shape index (κ3) is 5.53. The average Bonchev–Trinajstić information content (AvgIpc) is 3.22. The summed E-state index contributed by atoms with van der Waals surface area (Å²) in [6, 6.07) is 8.16. The second kappa shape index (κ2) is 12.3. The van der Waals surface area contributed by atoms with Crippen LogP contribution < -0.4 is 33.8 Å². The lowest BCUT2D eigenvalue weighted by Crippen LogP contribution is -2.40. The van der Waals surface area contributed by atoms with Gasteiger partial charge < -0.3 is 23.7 Å². The third-order valence-electron chi connectivity index (χ3n) is 6.18. The van der Waals surface area contributed by atoms with E-state index in [9.17, 15) is 9.59 Å². The molecule has 0 aliphatic carbocycles. The fourth-order valence-corrected chi connectivity index (χ4v) is 6.05. The summed E-state index contributed by atoms with van der Waals surface area (Å²) < 4.78 is 30.5. The van der Waals surface area contributed by atoms with Crippen LogP contribution in [0.2, 0.25) is 0 Å². The van der Waals surface area contributed by atoms with E-state index in [4.69, 9.17) is 23.7 Å². The molecule has 1 aliphatic heterocycles. The largest absolute Gasteiger partial charge is 0.493 e. The summed E-state index contributed by atoms with van der Waals surface area (Å²) in [6.45, 7) is 7.49. The summed E-state index contributed by atoms with van der Waals surface area (Å²) in [4.78, 5) is 32.4. The molecule has 0 amide bonds. The predicted octanol–water partition coefficient (Wildman–Crippen LogP) is 4.37. The average molecular weight is 632 g/mol. The third-order valence-corrected chi connectivity index (χ3v) is 7.85. The minimum atomic E-state index is -0.830. The molecule has 2 heterocycles. The highest BCUT2D eigenvalue weighted by Gasteiger charge is 2.35. The highest BCUT2D eigenvalue weighted by molar-refractivity contribution is 9.10. The predicted molar refractivity (Wildman–Crippen MR) is 156 cm³/mol. The Labute approximate surface area is 244 Å². The SMILES string of the molecule is CCOC(=O)C1=C(C)N=c2s/c(=C\c3cccc(OC)c3OC(C)C)c(=O)n2[C@@H]1c1cc(OC)c(OC)cc1Br. The van der Waals surface area contributed by atoms with Gasteiger partial charge in [0.15, 0.2) is 27.8 Å². The van der Waals surface area contributed by atoms with E-state index >= 15 is 0 Å². The Morgan fingerprint density at radius 3 is 2.42 bits per heavy atom. The first-order valence-corrected chi connectivity index (χ1v) is 14.2. The lowest BCUT2D eigenvalue weighted by Gasteiger charge is -2.26. The Morgan fingerprint density at radius 2 is 1.80 bits per heavy atom. The van der Waals surface area contributed by atoms with Gasteiger partial charge in [-0.3, -0.25) is 9.36 Å². The van der Waals surface area contributed by atoms with Gasteiger partial charge in [0.25, 0.3) is 5.56 Å². The van der Waals surface area contributed by atoms with Gasteiger partial charge in [-0.2, -0.15) is 0 Å². The molecule has 0 radical (unpaired) electrons. The summed E-state index contributed by atoms with van der Waals surface area (Å²) in [5.41, 5.74) is 1.71. The first-order valence-electron chi connectivity index (χ1n) is 12.6. The number of hydrogen-bond acceptors (Lipinski definition) is 9. The zero-order chi connectivity index (χ0) is 29.1. The van der Waals surface area contributed by atoms with Crippen molar-refractivity contribution >= 4 is 39.3 Å². The first-order chi connectivity index (χ1) is 19.1. The number of ether oxygens (including phenoxy) is 5. The van der Waals surface area contributed by atoms with Crippen LogP contribution >= 0.6 is 27.3 Å². The fourth-order valence-electron chi connectivity index (χ4n) is 4.48. The van der Waals surface area contributed by atoms with Gasteiger partial charge in [-0.15, -0.1) is 0 Å². The van der Waals surface area contributed by atoms with Crippen molar-refractivity contribution in [3.8, 4) is 23.0 Å². The molecular weight excluding hydrogens is 600 g/mol. The van der Waals surface area contributed by atoms with E-state index in [1.54, 1.807) is 45.2 Å². The maximum atomic E-state index is 14.1. The Balaban J connectivity index is 2.02. The Bertz CT molecular complexity index is 1660. The van der Waals surface area contributed by atoms with E-state index in [1.165, 1.54) is 30.1 Å². The topological polar surface area (TPSA) is 97.6 Å². The second-order valence-electron chi connectivity index (χ2n) is 9.08. The van der Waals surface area contributed by atoms with E-state index < -0.39 is 12.0 Å². The van der Waals surface area contributed by atoms with Crippen LogP contribution in [0.25, 0.3) is 6.08 Å². The summed E-state index contributed by atoms with van der Waals surface area (Å²) in [6.07, 6.45) is 1.65. The molecule has 9 nitrogen and oxygen atoms in total. The van der Waals surface area contributed by atoms with Gasteiger partial charge in [-0.1, -0.05) is 39.4 Å². The number of para-hydroxylation sites is 1. The molecule has 0 saturated heterocycles. The smallest absolute Gasteiger partial charge is 0.338 e. The minimum absolute atomic E-state index is 0.109. The lowest BCUT2D eigenvalue weighted by molar-refractivity contribution is -0.139. The molecule has 2 aromatic carbocycles. The number of methoxy groups -OCH3 is 3. The van der Waals surface area contributed by atoms with Gasteiger partial charge in [0.2, 0.25) is 0 Å². The molecule has 40 heavy (non-hydrogen) atoms. The van der Waals surface area contributed by atoms with Crippen molar-refractivity contribution in [3.63, 3.8) is 0 Å². The second-order valence-corrected chi connectivity index (χ2v) is 10.9. The summed E-state index contributed by atoms with van der Waals surface area (Å²) in [7, 11) is 4.64. The maximum absolute atomic E-state index is 14.1. The van der Waals surface area contributed by atoms with Crippen LogP contribution in [0, 0.1) is 0 Å². The van der Waals surface area contributed by atoms with Crippen LogP contribution in [0.15, 0.2) is 55.9 Å². The number of rotatable bonds is 9. The number of benzene rings is 2. The number of nitrogens with zero attached hydrogens (tertiary/aromatic N) is 2. The van der Waals surface area contributed by atoms with Gasteiger partial charge >= 0.3 is 5.97 Å². The molecule has 1 aromatic heterocycles. The maximum Gasteiger partial charge on any atom is 0.338 e. The van der Waals surface area contributed by atoms with E-state index in [0.29, 0.717) is 53.6 Å². The molecule has 0 N–H and O–H groups in total. The molecule has 11 heteroatoms. The number of esters is 1. The number of carbonyl (C=O) groups is 1. The molecule has 1 atom stereocenters. The number of carbonyl (C=O) groups excluding carboxylic acids is 1. The van der Waals surface area contributed by atoms with Crippen LogP contribution in [0.1, 0.15) is 44.9 Å². The van der Waals surface area contributed by atoms with Crippen molar-refractivity contribution in [2.24, 2.45) is 4.99 Å². The van der Waals surface area contributed by atoms with Gasteiger partial charge in [0.1, 0.15) is 0 Å². The standard InChI is InChI=1S/C29H31BrN2O7S/c1-8-38-28(34)24-16(4)31-29-32(25(24)18-13-21(36-6)22(37-7)14-19(18)30)27(33)23(40-29)12-17-10-9-11-20(35-5)26(17)39-15(2)3/h9-15,25H,8H2,1-7H3/b23-12-/t25-/m1/s1. The molecule has 3 aromatic rings. The van der Waals surface area contributed by atoms with Crippen molar-refractivity contribution < 1.29 is 28.5 Å². The van der Waals surface area contributed by atoms with Crippen LogP contribution in [0.4, 0.5) is 0 Å². The van der Waals surface area contributed by atoms with Crippen molar-refractivity contribution in [2.75, 3.05) is 27.9 Å². The highest BCUT2D eigenvalue weighted by Crippen LogP contribution is 2.41. The molecule has 1 aliphatic rings. The van der Waals surface area contributed by atoms with E-state index in [0.717, 1.165) is 0 Å². The van der Waals surface area contributed by atoms with E-state index in [2.05, 4.69) is 20.9 Å². The Kier molecular flexibility index (Phi) is 9.05. The van der Waals surface area contributed by atoms with Gasteiger partial charge in [-0.25, -0.2) is 9.79 Å². The summed E-state index contributed by atoms with van der Waals surface area (Å²) in [5.74, 6) is 1.49. The van der Waals surface area contributed by atoms with Gasteiger partial charge in [-0.05, 0) is 57.5 Å². The molecule has 4 rings (SSSR count). The number of thiazole rings is 1. The van der Waals surface area contributed by atoms with Gasteiger partial charge in [0, 0.05) is 10.0 Å². The lowest BCUT2D eigenvalue weighted by atomic mass is 9.95. The zero-order valence-corrected chi connectivity index (χ0v) is 25.8. The first kappa shape index (κ1) is 29.4. The van der Waals surface area contributed by atoms with Crippen molar-refractivity contribution in [1.29, 1.82) is 0 Å². The quantitative estimate of drug-likeness (QED) is 0.324. The van der Waals surface area contributed by atoms with Crippen LogP contribution in [0.5, 0.6) is 23.0 Å². The molecule has 0 fully saturated rings. The number of halogens is 1. The normalized spacial score (nSPS) is 15.0. The number of aromatic nitrogens is 1. The Hall–Kier alpha value is -3.57. The molecule has 212 valence electrons. The highest BCUT2D eigenvalue weighted by atomic mass is 79.9. The van der Waals surface area contributed by atoms with Crippen LogP contribution in [-0.4, -0.2) is 44.6 Å². The Morgan fingerprint density at radius 1 is 1.12 bits per heavy atom. The molecule has 0 spiro atoms. The molecule has 0 saturated carbocycles. The zero-order valence-electron chi connectivity index (χ0n) is 23.4. The van der Waals surface area contributed by atoms with Crippen molar-refractivity contribution in [1.82, 2.24) is 4.57 Å². The molecule has 0 bridgehead atoms. The van der Waals surface area contributed by atoms with Crippen LogP contribution in [-0.2, 0) is 9.53 Å². The number of allylic oxidation sites excluding steroid dienone is 1. The van der Waals surface area contributed by atoms with E-state index in [-0.39, 0.29) is 23.8 Å². The fraction of sp³-hybridized carbons (Fsp3) is 0.345. The summed E-state index contributed by atoms with van der Waals surface area (Å²) in [5, 5.41) is 0. The molecular formula is C29H31BrN2O7S. The number of hydrogen-bond donors (Lipinski definition) is 0. The number of fused-ring (bicyclic) bond motifs is 1. The molecule has 0 unspecified atom stereocenters. The summed E-state index contributed by atoms with van der Waals surface area (Å²) >= 11 is 4.84. The van der Waals surface area contributed by atoms with E-state index in [1.807, 2.05) is 26.0 Å². The van der Waals surface area contributed by atoms with Crippen molar-refractivity contribution in [3.05, 3.63) is 76.9 Å². The monoisotopic (exact) mass is 630 g/mol. The van der Waals surface area contributed by atoms with Crippen LogP contribution in [0.3, 0.4) is 0 Å². The van der Waals surface area contributed by atoms with Gasteiger partial charge in [0.05, 0.1) is 55.9 Å². The minimum Gasteiger partial charge on any atom is -0.493 e. The van der Waals surface area contributed by atoms with Crippen molar-refractivity contribution in [2.45, 2.75) is 39.8 Å².